The molecular weight excluding hydrogens is 174 g/mol. The summed E-state index contributed by atoms with van der Waals surface area (Å²) in [7, 11) is -1.60. The third-order valence-corrected chi connectivity index (χ3v) is 1.35. The van der Waals surface area contributed by atoms with Gasteiger partial charge in [0.25, 0.3) is 0 Å². The zero-order valence-electron chi connectivity index (χ0n) is 6.48. The SMILES string of the molecule is COS(=O)(=O)OC.NCCO. The summed E-state index contributed by atoms with van der Waals surface area (Å²) in [6.07, 6.45) is 0. The van der Waals surface area contributed by atoms with Crippen molar-refractivity contribution in [3.8, 4) is 0 Å². The predicted octanol–water partition coefficient (Wildman–Crippen LogP) is -1.54. The van der Waals surface area contributed by atoms with E-state index in [4.69, 9.17) is 10.8 Å². The van der Waals surface area contributed by atoms with Gasteiger partial charge >= 0.3 is 10.4 Å². The maximum absolute atomic E-state index is 9.92. The molecule has 0 bridgehead atoms. The summed E-state index contributed by atoms with van der Waals surface area (Å²) in [4.78, 5) is 0. The minimum Gasteiger partial charge on any atom is -0.395 e. The monoisotopic (exact) mass is 187 g/mol. The summed E-state index contributed by atoms with van der Waals surface area (Å²) in [5, 5.41) is 7.75. The zero-order valence-corrected chi connectivity index (χ0v) is 7.30. The first-order valence-electron chi connectivity index (χ1n) is 2.71. The Morgan fingerprint density at radius 1 is 1.36 bits per heavy atom. The lowest BCUT2D eigenvalue weighted by atomic mass is 10.8. The lowest BCUT2D eigenvalue weighted by molar-refractivity contribution is 0.286. The van der Waals surface area contributed by atoms with Gasteiger partial charge in [0.15, 0.2) is 0 Å². The zero-order chi connectivity index (χ0) is 9.33. The number of nitrogens with two attached hydrogens (primary N) is 1. The van der Waals surface area contributed by atoms with E-state index in [2.05, 4.69) is 8.37 Å². The minimum absolute atomic E-state index is 0.0972. The molecular formula is C4H13NO5S. The topological polar surface area (TPSA) is 98.9 Å². The quantitative estimate of drug-likeness (QED) is 0.555. The van der Waals surface area contributed by atoms with Crippen LogP contribution in [0.4, 0.5) is 0 Å². The van der Waals surface area contributed by atoms with Gasteiger partial charge in [-0.2, -0.15) is 8.42 Å². The van der Waals surface area contributed by atoms with Crippen molar-refractivity contribution >= 4 is 10.4 Å². The molecule has 0 radical (unpaired) electrons. The van der Waals surface area contributed by atoms with Gasteiger partial charge in [0.05, 0.1) is 20.8 Å². The number of hydrogen-bond acceptors (Lipinski definition) is 6. The standard InChI is InChI=1S/C2H7NO.C2H6O4S/c3-1-2-4;1-5-7(3,4)6-2/h4H,1-3H2;1-2H3. The third kappa shape index (κ3) is 12.9. The van der Waals surface area contributed by atoms with E-state index >= 15 is 0 Å². The van der Waals surface area contributed by atoms with Gasteiger partial charge in [-0.05, 0) is 0 Å². The van der Waals surface area contributed by atoms with Gasteiger partial charge in [0.2, 0.25) is 0 Å². The first-order valence-corrected chi connectivity index (χ1v) is 4.04. The van der Waals surface area contributed by atoms with Crippen LogP contribution in [0.2, 0.25) is 0 Å². The molecule has 0 amide bonds. The molecule has 3 N–H and O–H groups in total. The van der Waals surface area contributed by atoms with Crippen LogP contribution in [0.1, 0.15) is 0 Å². The van der Waals surface area contributed by atoms with Crippen LogP contribution in [0.15, 0.2) is 0 Å². The molecule has 0 heterocycles. The van der Waals surface area contributed by atoms with Gasteiger partial charge < -0.3 is 10.8 Å². The molecule has 0 rings (SSSR count). The van der Waals surface area contributed by atoms with Crippen molar-refractivity contribution < 1.29 is 21.9 Å². The van der Waals surface area contributed by atoms with Crippen LogP contribution in [-0.4, -0.2) is 40.9 Å². The molecule has 70 valence electrons. The first kappa shape index (κ1) is 13.4. The summed E-state index contributed by atoms with van der Waals surface area (Å²) < 4.78 is 27.5. The molecule has 7 heteroatoms. The van der Waals surface area contributed by atoms with E-state index in [0.717, 1.165) is 14.2 Å². The summed E-state index contributed by atoms with van der Waals surface area (Å²) in [5.74, 6) is 0. The number of hydrogen-bond donors (Lipinski definition) is 2. The summed E-state index contributed by atoms with van der Waals surface area (Å²) in [6.45, 7) is 0.472. The molecule has 0 saturated heterocycles. The van der Waals surface area contributed by atoms with Crippen LogP contribution in [0.25, 0.3) is 0 Å². The summed E-state index contributed by atoms with van der Waals surface area (Å²) in [6, 6.07) is 0. The van der Waals surface area contributed by atoms with Crippen molar-refractivity contribution in [2.75, 3.05) is 27.4 Å². The lowest BCUT2D eigenvalue weighted by Crippen LogP contribution is -2.02. The molecule has 0 aliphatic carbocycles. The normalized spacial score (nSPS) is 10.2. The van der Waals surface area contributed by atoms with Crippen molar-refractivity contribution in [1.82, 2.24) is 0 Å². The molecule has 0 aromatic rings. The predicted molar refractivity (Wildman–Crippen MR) is 39.1 cm³/mol. The minimum atomic E-state index is -3.66. The Labute approximate surface area is 66.2 Å². The highest BCUT2D eigenvalue weighted by Crippen LogP contribution is 1.85. The largest absolute Gasteiger partial charge is 0.399 e. The molecule has 11 heavy (non-hydrogen) atoms. The van der Waals surface area contributed by atoms with Crippen molar-refractivity contribution in [2.24, 2.45) is 5.73 Å². The lowest BCUT2D eigenvalue weighted by Gasteiger charge is -1.91. The molecule has 0 aromatic carbocycles. The molecule has 0 saturated carbocycles. The maximum Gasteiger partial charge on any atom is 0.399 e. The van der Waals surface area contributed by atoms with Crippen LogP contribution in [0.3, 0.4) is 0 Å². The molecule has 0 fully saturated rings. The van der Waals surface area contributed by atoms with E-state index in [0.29, 0.717) is 6.54 Å². The van der Waals surface area contributed by atoms with E-state index in [1.54, 1.807) is 0 Å². The van der Waals surface area contributed by atoms with Gasteiger partial charge in [-0.1, -0.05) is 0 Å². The number of rotatable bonds is 3. The summed E-state index contributed by atoms with van der Waals surface area (Å²) in [5.41, 5.74) is 4.78. The van der Waals surface area contributed by atoms with Crippen LogP contribution >= 0.6 is 0 Å². The highest BCUT2D eigenvalue weighted by molar-refractivity contribution is 7.81. The fourth-order valence-electron chi connectivity index (χ4n) is 0.0680. The van der Waals surface area contributed by atoms with Crippen molar-refractivity contribution in [2.45, 2.75) is 0 Å². The Morgan fingerprint density at radius 2 is 1.64 bits per heavy atom. The molecule has 0 aliphatic heterocycles. The second-order valence-corrected chi connectivity index (χ2v) is 2.74. The Hall–Kier alpha value is -0.210. The molecule has 0 spiro atoms. The van der Waals surface area contributed by atoms with E-state index in [9.17, 15) is 8.42 Å². The second-order valence-electron chi connectivity index (χ2n) is 1.25. The average molecular weight is 187 g/mol. The van der Waals surface area contributed by atoms with Crippen LogP contribution < -0.4 is 5.73 Å². The summed E-state index contributed by atoms with van der Waals surface area (Å²) >= 11 is 0. The first-order chi connectivity index (χ1) is 5.04. The van der Waals surface area contributed by atoms with Gasteiger partial charge in [0.1, 0.15) is 0 Å². The smallest absolute Gasteiger partial charge is 0.395 e. The van der Waals surface area contributed by atoms with Gasteiger partial charge in [-0.3, -0.25) is 8.37 Å². The molecule has 0 aliphatic rings. The van der Waals surface area contributed by atoms with Gasteiger partial charge in [-0.25, -0.2) is 0 Å². The second kappa shape index (κ2) is 7.89. The van der Waals surface area contributed by atoms with Crippen molar-refractivity contribution in [3.05, 3.63) is 0 Å². The van der Waals surface area contributed by atoms with Crippen LogP contribution in [-0.2, 0) is 18.8 Å². The van der Waals surface area contributed by atoms with Crippen molar-refractivity contribution in [1.29, 1.82) is 0 Å². The van der Waals surface area contributed by atoms with Gasteiger partial charge in [0, 0.05) is 6.54 Å². The molecule has 0 unspecified atom stereocenters. The molecule has 0 aromatic heterocycles. The Balaban J connectivity index is 0. The van der Waals surface area contributed by atoms with E-state index in [1.165, 1.54) is 0 Å². The Bertz CT molecular complexity index is 142. The highest BCUT2D eigenvalue weighted by atomic mass is 32.3. The Morgan fingerprint density at radius 3 is 1.64 bits per heavy atom. The molecule has 0 atom stereocenters. The van der Waals surface area contributed by atoms with Crippen molar-refractivity contribution in [3.63, 3.8) is 0 Å². The fraction of sp³-hybridized carbons (Fsp3) is 1.00. The molecule has 6 nitrogen and oxygen atoms in total. The van der Waals surface area contributed by atoms with E-state index in [-0.39, 0.29) is 6.61 Å². The maximum atomic E-state index is 9.92. The van der Waals surface area contributed by atoms with Crippen LogP contribution in [0, 0.1) is 0 Å². The average Bonchev–Trinajstić information content (AvgIpc) is 2.05. The van der Waals surface area contributed by atoms with E-state index < -0.39 is 10.4 Å². The number of aliphatic hydroxyl groups is 1. The van der Waals surface area contributed by atoms with E-state index in [1.807, 2.05) is 0 Å². The van der Waals surface area contributed by atoms with Gasteiger partial charge in [-0.15, -0.1) is 0 Å². The highest BCUT2D eigenvalue weighted by Gasteiger charge is 2.01. The van der Waals surface area contributed by atoms with Crippen LogP contribution in [0.5, 0.6) is 0 Å². The fourth-order valence-corrected chi connectivity index (χ4v) is 0.204. The third-order valence-electron chi connectivity index (χ3n) is 0.537. The number of aliphatic hydroxyl groups excluding tert-OH is 1. The Kier molecular flexibility index (Phi) is 9.60.